The molecule has 2 rings (SSSR count). The predicted molar refractivity (Wildman–Crippen MR) is 60.3 cm³/mol. The van der Waals surface area contributed by atoms with Crippen molar-refractivity contribution in [3.8, 4) is 0 Å². The van der Waals surface area contributed by atoms with E-state index < -0.39 is 0 Å². The average Bonchev–Trinajstić information content (AvgIpc) is 2.76. The summed E-state index contributed by atoms with van der Waals surface area (Å²) in [4.78, 5) is 0. The van der Waals surface area contributed by atoms with Gasteiger partial charge in [0.2, 0.25) is 0 Å². The molecule has 1 aliphatic rings. The molecule has 0 radical (unpaired) electrons. The van der Waals surface area contributed by atoms with Crippen molar-refractivity contribution in [3.63, 3.8) is 0 Å². The van der Waals surface area contributed by atoms with Crippen LogP contribution in [-0.2, 0) is 20.0 Å². The van der Waals surface area contributed by atoms with Gasteiger partial charge in [-0.1, -0.05) is 0 Å². The van der Waals surface area contributed by atoms with Gasteiger partial charge in [-0.15, -0.1) is 0 Å². The largest absolute Gasteiger partial charge is 0.325 e. The minimum atomic E-state index is 0.585. The molecule has 4 heteroatoms. The Morgan fingerprint density at radius 1 is 1.71 bits per heavy atom. The number of nitrogens with zero attached hydrogens (tertiary/aromatic N) is 2. The van der Waals surface area contributed by atoms with E-state index in [9.17, 15) is 0 Å². The third kappa shape index (κ3) is 2.12. The highest BCUT2D eigenvalue weighted by Gasteiger charge is 2.17. The number of aryl methyl sites for hydroxylation is 1. The molecular weight excluding hydrogens is 194 g/mol. The minimum Gasteiger partial charge on any atom is -0.325 e. The smallest absolute Gasteiger partial charge is 0.0638 e. The second-order valence-corrected chi connectivity index (χ2v) is 5.20. The van der Waals surface area contributed by atoms with E-state index in [4.69, 9.17) is 5.73 Å². The van der Waals surface area contributed by atoms with Gasteiger partial charge in [0.05, 0.1) is 11.4 Å². The van der Waals surface area contributed by atoms with E-state index in [1.165, 1.54) is 24.3 Å². The fraction of sp³-hybridized carbons (Fsp3) is 0.700. The quantitative estimate of drug-likeness (QED) is 0.820. The van der Waals surface area contributed by atoms with Crippen LogP contribution in [-0.4, -0.2) is 20.8 Å². The lowest BCUT2D eigenvalue weighted by atomic mass is 10.1. The van der Waals surface area contributed by atoms with Crippen molar-refractivity contribution in [2.24, 2.45) is 12.8 Å². The summed E-state index contributed by atoms with van der Waals surface area (Å²) in [6.45, 7) is 0.585. The van der Waals surface area contributed by atoms with Gasteiger partial charge < -0.3 is 5.73 Å². The fourth-order valence-electron chi connectivity index (χ4n) is 1.90. The summed E-state index contributed by atoms with van der Waals surface area (Å²) in [5.74, 6) is 1.32. The molecule has 1 aromatic heterocycles. The maximum absolute atomic E-state index is 5.61. The van der Waals surface area contributed by atoms with Crippen LogP contribution < -0.4 is 5.73 Å². The zero-order valence-electron chi connectivity index (χ0n) is 8.57. The molecule has 0 amide bonds. The van der Waals surface area contributed by atoms with E-state index in [2.05, 4.69) is 22.9 Å². The van der Waals surface area contributed by atoms with Crippen LogP contribution in [0.5, 0.6) is 0 Å². The van der Waals surface area contributed by atoms with Crippen molar-refractivity contribution < 1.29 is 0 Å². The number of thioether (sulfide) groups is 1. The molecule has 3 nitrogen and oxygen atoms in total. The number of rotatable bonds is 3. The van der Waals surface area contributed by atoms with E-state index in [1.54, 1.807) is 0 Å². The highest BCUT2D eigenvalue weighted by molar-refractivity contribution is 8.00. The molecule has 14 heavy (non-hydrogen) atoms. The summed E-state index contributed by atoms with van der Waals surface area (Å²) in [7, 11) is 1.97. The van der Waals surface area contributed by atoms with Crippen molar-refractivity contribution in [3.05, 3.63) is 17.5 Å². The third-order valence-corrected chi connectivity index (χ3v) is 4.10. The summed E-state index contributed by atoms with van der Waals surface area (Å²) in [6.07, 6.45) is 3.82. The Morgan fingerprint density at radius 3 is 3.14 bits per heavy atom. The van der Waals surface area contributed by atoms with Crippen LogP contribution in [0.3, 0.4) is 0 Å². The monoisotopic (exact) mass is 211 g/mol. The first-order chi connectivity index (χ1) is 6.79. The molecule has 78 valence electrons. The molecule has 0 spiro atoms. The molecule has 1 fully saturated rings. The fourth-order valence-corrected chi connectivity index (χ4v) is 3.19. The first kappa shape index (κ1) is 10.1. The van der Waals surface area contributed by atoms with Gasteiger partial charge in [0.25, 0.3) is 0 Å². The second-order valence-electron chi connectivity index (χ2n) is 3.79. The maximum atomic E-state index is 5.61. The van der Waals surface area contributed by atoms with Gasteiger partial charge in [-0.2, -0.15) is 16.9 Å². The van der Waals surface area contributed by atoms with Gasteiger partial charge in [0.15, 0.2) is 0 Å². The average molecular weight is 211 g/mol. The Labute approximate surface area is 89.1 Å². The second kappa shape index (κ2) is 4.36. The normalized spacial score (nSPS) is 21.7. The minimum absolute atomic E-state index is 0.585. The third-order valence-electron chi connectivity index (χ3n) is 2.70. The molecule has 0 aromatic carbocycles. The summed E-state index contributed by atoms with van der Waals surface area (Å²) in [5, 5.41) is 5.26. The molecule has 1 saturated heterocycles. The van der Waals surface area contributed by atoms with Crippen LogP contribution in [0.25, 0.3) is 0 Å². The van der Waals surface area contributed by atoms with Crippen molar-refractivity contribution in [2.45, 2.75) is 31.1 Å². The molecule has 1 aliphatic heterocycles. The molecule has 1 aromatic rings. The number of nitrogens with two attached hydrogens (primary N) is 1. The predicted octanol–water partition coefficient (Wildman–Crippen LogP) is 1.32. The Kier molecular flexibility index (Phi) is 3.13. The lowest BCUT2D eigenvalue weighted by molar-refractivity contribution is 0.685. The Morgan fingerprint density at radius 2 is 2.57 bits per heavy atom. The lowest BCUT2D eigenvalue weighted by Gasteiger charge is -2.04. The molecule has 1 atom stereocenters. The molecule has 0 aliphatic carbocycles. The Balaban J connectivity index is 2.01. The van der Waals surface area contributed by atoms with Gasteiger partial charge in [-0.3, -0.25) is 4.68 Å². The van der Waals surface area contributed by atoms with Crippen molar-refractivity contribution in [2.75, 3.05) is 5.75 Å². The SMILES string of the molecule is Cn1nc(CC2CCCS2)cc1CN. The molecule has 0 bridgehead atoms. The first-order valence-corrected chi connectivity index (χ1v) is 6.18. The van der Waals surface area contributed by atoms with Gasteiger partial charge in [-0.25, -0.2) is 0 Å². The summed E-state index contributed by atoms with van der Waals surface area (Å²) < 4.78 is 1.90. The topological polar surface area (TPSA) is 43.8 Å². The first-order valence-electron chi connectivity index (χ1n) is 5.13. The van der Waals surface area contributed by atoms with Gasteiger partial charge in [0.1, 0.15) is 0 Å². The molecule has 1 unspecified atom stereocenters. The van der Waals surface area contributed by atoms with Crippen molar-refractivity contribution in [1.29, 1.82) is 0 Å². The maximum Gasteiger partial charge on any atom is 0.0638 e. The molecule has 0 saturated carbocycles. The zero-order chi connectivity index (χ0) is 9.97. The number of aromatic nitrogens is 2. The van der Waals surface area contributed by atoms with E-state index >= 15 is 0 Å². The van der Waals surface area contributed by atoms with Crippen LogP contribution in [0.4, 0.5) is 0 Å². The van der Waals surface area contributed by atoms with Crippen molar-refractivity contribution >= 4 is 11.8 Å². The van der Waals surface area contributed by atoms with Crippen LogP contribution in [0.2, 0.25) is 0 Å². The van der Waals surface area contributed by atoms with Crippen LogP contribution >= 0.6 is 11.8 Å². The summed E-state index contributed by atoms with van der Waals surface area (Å²) in [5.41, 5.74) is 7.94. The van der Waals surface area contributed by atoms with Gasteiger partial charge in [-0.05, 0) is 24.7 Å². The van der Waals surface area contributed by atoms with Crippen LogP contribution in [0.1, 0.15) is 24.2 Å². The number of hydrogen-bond acceptors (Lipinski definition) is 3. The Bertz CT molecular complexity index is 302. The summed E-state index contributed by atoms with van der Waals surface area (Å²) in [6, 6.07) is 2.14. The van der Waals surface area contributed by atoms with E-state index in [-0.39, 0.29) is 0 Å². The standard InChI is InChI=1S/C10H17N3S/c1-13-9(7-11)5-8(12-13)6-10-3-2-4-14-10/h5,10H,2-4,6-7,11H2,1H3. The summed E-state index contributed by atoms with van der Waals surface area (Å²) >= 11 is 2.08. The number of hydrogen-bond donors (Lipinski definition) is 1. The van der Waals surface area contributed by atoms with Crippen LogP contribution in [0.15, 0.2) is 6.07 Å². The van der Waals surface area contributed by atoms with E-state index in [0.717, 1.165) is 17.4 Å². The molecular formula is C10H17N3S. The lowest BCUT2D eigenvalue weighted by Crippen LogP contribution is -2.04. The van der Waals surface area contributed by atoms with Crippen molar-refractivity contribution in [1.82, 2.24) is 9.78 Å². The van der Waals surface area contributed by atoms with Gasteiger partial charge >= 0.3 is 0 Å². The van der Waals surface area contributed by atoms with Gasteiger partial charge in [0, 0.05) is 25.3 Å². The highest BCUT2D eigenvalue weighted by atomic mass is 32.2. The van der Waals surface area contributed by atoms with E-state index in [0.29, 0.717) is 6.54 Å². The zero-order valence-corrected chi connectivity index (χ0v) is 9.39. The van der Waals surface area contributed by atoms with E-state index in [1.807, 2.05) is 11.7 Å². The Hall–Kier alpha value is -0.480. The molecule has 2 heterocycles. The van der Waals surface area contributed by atoms with Crippen LogP contribution in [0, 0.1) is 0 Å². The highest BCUT2D eigenvalue weighted by Crippen LogP contribution is 2.28. The molecule has 2 N–H and O–H groups in total.